The van der Waals surface area contributed by atoms with Crippen LogP contribution in [-0.4, -0.2) is 21.1 Å². The first-order valence-electron chi connectivity index (χ1n) is 6.76. The molecule has 1 aliphatic carbocycles. The highest BCUT2D eigenvalue weighted by atomic mass is 16.1. The Morgan fingerprint density at radius 2 is 2.11 bits per heavy atom. The van der Waals surface area contributed by atoms with E-state index in [2.05, 4.69) is 15.3 Å². The van der Waals surface area contributed by atoms with Crippen LogP contribution in [0.2, 0.25) is 0 Å². The maximum absolute atomic E-state index is 12.3. The van der Waals surface area contributed by atoms with Gasteiger partial charge in [-0.25, -0.2) is 4.98 Å². The molecule has 19 heavy (non-hydrogen) atoms. The lowest BCUT2D eigenvalue weighted by Crippen LogP contribution is -2.23. The predicted octanol–water partition coefficient (Wildman–Crippen LogP) is 2.18. The van der Waals surface area contributed by atoms with E-state index in [1.54, 1.807) is 0 Å². The third kappa shape index (κ3) is 1.99. The standard InChI is InChI=1S/C14H18N4O/c1-4-15-14-16-9(3)11-7-8(2)13(19)18(10-5-6-10)12(11)17-14/h7,10H,4-6H2,1-3H3,(H,15,16,17). The molecule has 0 atom stereocenters. The molecule has 0 unspecified atom stereocenters. The van der Waals surface area contributed by atoms with Gasteiger partial charge in [0.1, 0.15) is 5.65 Å². The Hall–Kier alpha value is -1.91. The van der Waals surface area contributed by atoms with Crippen molar-refractivity contribution in [3.8, 4) is 0 Å². The number of nitrogens with zero attached hydrogens (tertiary/aromatic N) is 3. The highest BCUT2D eigenvalue weighted by Crippen LogP contribution is 2.35. The summed E-state index contributed by atoms with van der Waals surface area (Å²) in [6.45, 7) is 6.60. The minimum atomic E-state index is 0.0792. The zero-order valence-corrected chi connectivity index (χ0v) is 11.5. The van der Waals surface area contributed by atoms with Crippen LogP contribution >= 0.6 is 0 Å². The number of aryl methyl sites for hydroxylation is 2. The van der Waals surface area contributed by atoms with Gasteiger partial charge in [-0.15, -0.1) is 0 Å². The SMILES string of the molecule is CCNc1nc(C)c2cc(C)c(=O)n(C3CC3)c2n1. The van der Waals surface area contributed by atoms with Crippen LogP contribution in [-0.2, 0) is 0 Å². The first-order chi connectivity index (χ1) is 9.11. The van der Waals surface area contributed by atoms with E-state index in [4.69, 9.17) is 0 Å². The van der Waals surface area contributed by atoms with Gasteiger partial charge >= 0.3 is 0 Å². The molecule has 0 spiro atoms. The van der Waals surface area contributed by atoms with E-state index >= 15 is 0 Å². The van der Waals surface area contributed by atoms with Gasteiger partial charge in [0.15, 0.2) is 0 Å². The molecule has 1 N–H and O–H groups in total. The monoisotopic (exact) mass is 258 g/mol. The summed E-state index contributed by atoms with van der Waals surface area (Å²) in [5.41, 5.74) is 2.53. The lowest BCUT2D eigenvalue weighted by molar-refractivity contribution is 0.723. The number of fused-ring (bicyclic) bond motifs is 1. The Bertz CT molecular complexity index is 701. The van der Waals surface area contributed by atoms with E-state index in [0.29, 0.717) is 12.0 Å². The van der Waals surface area contributed by atoms with Gasteiger partial charge in [0.05, 0.1) is 5.69 Å². The number of hydrogen-bond acceptors (Lipinski definition) is 4. The van der Waals surface area contributed by atoms with Gasteiger partial charge in [0.2, 0.25) is 5.95 Å². The largest absolute Gasteiger partial charge is 0.354 e. The van der Waals surface area contributed by atoms with E-state index in [-0.39, 0.29) is 5.56 Å². The molecule has 5 heteroatoms. The summed E-state index contributed by atoms with van der Waals surface area (Å²) in [4.78, 5) is 21.3. The molecular formula is C14H18N4O. The maximum atomic E-state index is 12.3. The Morgan fingerprint density at radius 1 is 1.37 bits per heavy atom. The van der Waals surface area contributed by atoms with Crippen LogP contribution in [0.5, 0.6) is 0 Å². The molecule has 2 aromatic rings. The van der Waals surface area contributed by atoms with Crippen molar-refractivity contribution in [1.29, 1.82) is 0 Å². The summed E-state index contributed by atoms with van der Waals surface area (Å²) in [5.74, 6) is 0.602. The average molecular weight is 258 g/mol. The van der Waals surface area contributed by atoms with Crippen molar-refractivity contribution in [2.75, 3.05) is 11.9 Å². The van der Waals surface area contributed by atoms with E-state index < -0.39 is 0 Å². The quantitative estimate of drug-likeness (QED) is 0.916. The summed E-state index contributed by atoms with van der Waals surface area (Å²) in [6.07, 6.45) is 2.14. The Morgan fingerprint density at radius 3 is 2.74 bits per heavy atom. The van der Waals surface area contributed by atoms with E-state index in [1.807, 2.05) is 31.4 Å². The fraction of sp³-hybridized carbons (Fsp3) is 0.500. The molecule has 0 amide bonds. The summed E-state index contributed by atoms with van der Waals surface area (Å²) >= 11 is 0. The Balaban J connectivity index is 2.35. The lowest BCUT2D eigenvalue weighted by Gasteiger charge is -2.12. The van der Waals surface area contributed by atoms with Crippen LogP contribution in [0, 0.1) is 13.8 Å². The zero-order valence-electron chi connectivity index (χ0n) is 11.5. The van der Waals surface area contributed by atoms with Gasteiger partial charge in [0, 0.05) is 23.5 Å². The first-order valence-corrected chi connectivity index (χ1v) is 6.76. The van der Waals surface area contributed by atoms with Crippen molar-refractivity contribution in [3.63, 3.8) is 0 Å². The minimum Gasteiger partial charge on any atom is -0.354 e. The van der Waals surface area contributed by atoms with Crippen molar-refractivity contribution in [2.45, 2.75) is 39.7 Å². The Kier molecular flexibility index (Phi) is 2.77. The minimum absolute atomic E-state index is 0.0792. The fourth-order valence-corrected chi connectivity index (χ4v) is 2.39. The molecule has 5 nitrogen and oxygen atoms in total. The number of aromatic nitrogens is 3. The molecule has 3 rings (SSSR count). The second kappa shape index (κ2) is 4.33. The number of nitrogens with one attached hydrogen (secondary N) is 1. The molecule has 0 saturated heterocycles. The summed E-state index contributed by atoms with van der Waals surface area (Å²) < 4.78 is 1.85. The van der Waals surface area contributed by atoms with Gasteiger partial charge in [0.25, 0.3) is 5.56 Å². The normalized spacial score (nSPS) is 14.9. The predicted molar refractivity (Wildman–Crippen MR) is 75.7 cm³/mol. The van der Waals surface area contributed by atoms with Crippen molar-refractivity contribution in [1.82, 2.24) is 14.5 Å². The number of hydrogen-bond donors (Lipinski definition) is 1. The number of pyridine rings is 1. The second-order valence-electron chi connectivity index (χ2n) is 5.13. The molecular weight excluding hydrogens is 240 g/mol. The molecule has 2 heterocycles. The zero-order chi connectivity index (χ0) is 13.6. The summed E-state index contributed by atoms with van der Waals surface area (Å²) in [5, 5.41) is 4.10. The molecule has 1 aliphatic rings. The number of rotatable bonds is 3. The van der Waals surface area contributed by atoms with Crippen LogP contribution in [0.1, 0.15) is 37.1 Å². The van der Waals surface area contributed by atoms with Crippen molar-refractivity contribution in [3.05, 3.63) is 27.7 Å². The highest BCUT2D eigenvalue weighted by molar-refractivity contribution is 5.79. The third-order valence-electron chi connectivity index (χ3n) is 3.51. The smallest absolute Gasteiger partial charge is 0.255 e. The lowest BCUT2D eigenvalue weighted by atomic mass is 10.2. The molecule has 0 aliphatic heterocycles. The molecule has 1 saturated carbocycles. The van der Waals surface area contributed by atoms with Gasteiger partial charge in [-0.3, -0.25) is 9.36 Å². The van der Waals surface area contributed by atoms with Crippen LogP contribution < -0.4 is 10.9 Å². The average Bonchev–Trinajstić information content (AvgIpc) is 3.17. The van der Waals surface area contributed by atoms with E-state index in [0.717, 1.165) is 41.7 Å². The molecule has 2 aromatic heterocycles. The Labute approximate surface area is 111 Å². The van der Waals surface area contributed by atoms with Crippen LogP contribution in [0.15, 0.2) is 10.9 Å². The number of anilines is 1. The second-order valence-corrected chi connectivity index (χ2v) is 5.13. The van der Waals surface area contributed by atoms with Gasteiger partial charge in [-0.05, 0) is 39.7 Å². The van der Waals surface area contributed by atoms with Crippen LogP contribution in [0.4, 0.5) is 5.95 Å². The third-order valence-corrected chi connectivity index (χ3v) is 3.51. The van der Waals surface area contributed by atoms with Gasteiger partial charge in [-0.2, -0.15) is 4.98 Å². The molecule has 1 fully saturated rings. The van der Waals surface area contributed by atoms with Crippen LogP contribution in [0.3, 0.4) is 0 Å². The molecule has 0 aromatic carbocycles. The maximum Gasteiger partial charge on any atom is 0.255 e. The van der Waals surface area contributed by atoms with Crippen molar-refractivity contribution >= 4 is 17.0 Å². The summed E-state index contributed by atoms with van der Waals surface area (Å²) in [6, 6.07) is 2.22. The van der Waals surface area contributed by atoms with Crippen molar-refractivity contribution < 1.29 is 0 Å². The first kappa shape index (κ1) is 12.1. The topological polar surface area (TPSA) is 59.8 Å². The van der Waals surface area contributed by atoms with E-state index in [1.165, 1.54) is 0 Å². The fourth-order valence-electron chi connectivity index (χ4n) is 2.39. The van der Waals surface area contributed by atoms with Gasteiger partial charge in [-0.1, -0.05) is 0 Å². The van der Waals surface area contributed by atoms with Crippen molar-refractivity contribution in [2.24, 2.45) is 0 Å². The summed E-state index contributed by atoms with van der Waals surface area (Å²) in [7, 11) is 0. The van der Waals surface area contributed by atoms with E-state index in [9.17, 15) is 4.79 Å². The van der Waals surface area contributed by atoms with Gasteiger partial charge < -0.3 is 5.32 Å². The molecule has 100 valence electrons. The van der Waals surface area contributed by atoms with Crippen LogP contribution in [0.25, 0.3) is 11.0 Å². The highest BCUT2D eigenvalue weighted by Gasteiger charge is 2.27. The molecule has 0 bridgehead atoms. The molecule has 0 radical (unpaired) electrons.